The van der Waals surface area contributed by atoms with Crippen LogP contribution in [0.25, 0.3) is 0 Å². The first-order valence-corrected chi connectivity index (χ1v) is 4.82. The Bertz CT molecular complexity index is 359. The van der Waals surface area contributed by atoms with Crippen LogP contribution in [0, 0.1) is 0 Å². The lowest BCUT2D eigenvalue weighted by Crippen LogP contribution is -2.18. The molecule has 0 bridgehead atoms. The second-order valence-electron chi connectivity index (χ2n) is 3.67. The van der Waals surface area contributed by atoms with E-state index in [0.717, 1.165) is 31.5 Å². The number of nitrogens with two attached hydrogens (primary N) is 1. The van der Waals surface area contributed by atoms with Gasteiger partial charge in [0.25, 0.3) is 5.56 Å². The zero-order valence-electron chi connectivity index (χ0n) is 7.84. The third kappa shape index (κ3) is 1.36. The van der Waals surface area contributed by atoms with Crippen LogP contribution in [0.2, 0.25) is 0 Å². The maximum absolute atomic E-state index is 11.5. The van der Waals surface area contributed by atoms with E-state index < -0.39 is 0 Å². The molecule has 2 rings (SSSR count). The maximum atomic E-state index is 11.5. The Hall–Kier alpha value is -1.19. The first kappa shape index (κ1) is 8.41. The minimum Gasteiger partial charge on any atom is -0.393 e. The fraction of sp³-hybridized carbons (Fsp3) is 0.667. The minimum absolute atomic E-state index is 0.0521. The lowest BCUT2D eigenvalue weighted by molar-refractivity contribution is 0.578. The summed E-state index contributed by atoms with van der Waals surface area (Å²) in [7, 11) is 0. The molecule has 4 heteroatoms. The number of anilines is 1. The van der Waals surface area contributed by atoms with Crippen molar-refractivity contribution in [3.05, 3.63) is 16.0 Å². The molecule has 13 heavy (non-hydrogen) atoms. The van der Waals surface area contributed by atoms with Crippen LogP contribution < -0.4 is 11.3 Å². The molecule has 0 radical (unpaired) electrons. The summed E-state index contributed by atoms with van der Waals surface area (Å²) in [6.07, 6.45) is 3.27. The molecule has 1 aromatic rings. The number of nitrogens with zero attached hydrogens (tertiary/aromatic N) is 1. The molecule has 72 valence electrons. The molecular formula is C9H15N3O. The number of aryl methyl sites for hydroxylation is 1. The number of aromatic nitrogens is 2. The third-order valence-corrected chi connectivity index (χ3v) is 2.45. The van der Waals surface area contributed by atoms with E-state index in [1.165, 1.54) is 0 Å². The zero-order valence-corrected chi connectivity index (χ0v) is 7.84. The van der Waals surface area contributed by atoms with Gasteiger partial charge in [0, 0.05) is 12.5 Å². The topological polar surface area (TPSA) is 63.8 Å². The second-order valence-corrected chi connectivity index (χ2v) is 3.67. The molecular weight excluding hydrogens is 166 g/mol. The van der Waals surface area contributed by atoms with E-state index in [1.807, 2.05) is 6.92 Å². The molecule has 0 atom stereocenters. The van der Waals surface area contributed by atoms with Crippen LogP contribution in [0.4, 0.5) is 5.69 Å². The Balaban J connectivity index is 2.37. The van der Waals surface area contributed by atoms with E-state index in [1.54, 1.807) is 4.68 Å². The van der Waals surface area contributed by atoms with Gasteiger partial charge in [-0.15, -0.1) is 0 Å². The van der Waals surface area contributed by atoms with Gasteiger partial charge in [0.1, 0.15) is 5.69 Å². The lowest BCUT2D eigenvalue weighted by Gasteiger charge is -1.96. The van der Waals surface area contributed by atoms with Crippen LogP contribution in [-0.2, 0) is 6.54 Å². The van der Waals surface area contributed by atoms with Crippen LogP contribution >= 0.6 is 0 Å². The molecule has 1 aliphatic carbocycles. The van der Waals surface area contributed by atoms with E-state index in [9.17, 15) is 4.79 Å². The Morgan fingerprint density at radius 1 is 1.62 bits per heavy atom. The fourth-order valence-electron chi connectivity index (χ4n) is 1.58. The molecule has 1 aliphatic rings. The van der Waals surface area contributed by atoms with Crippen LogP contribution in [0.15, 0.2) is 4.79 Å². The smallest absolute Gasteiger partial charge is 0.289 e. The third-order valence-electron chi connectivity index (χ3n) is 2.45. The Morgan fingerprint density at radius 2 is 2.31 bits per heavy atom. The minimum atomic E-state index is -0.0521. The van der Waals surface area contributed by atoms with E-state index in [-0.39, 0.29) is 5.56 Å². The summed E-state index contributed by atoms with van der Waals surface area (Å²) in [6.45, 7) is 2.77. The highest BCUT2D eigenvalue weighted by molar-refractivity contribution is 5.44. The Morgan fingerprint density at radius 3 is 2.85 bits per heavy atom. The highest BCUT2D eigenvalue weighted by Crippen LogP contribution is 2.40. The van der Waals surface area contributed by atoms with Crippen molar-refractivity contribution in [2.45, 2.75) is 38.6 Å². The molecule has 0 aliphatic heterocycles. The van der Waals surface area contributed by atoms with E-state index >= 15 is 0 Å². The van der Waals surface area contributed by atoms with Crippen LogP contribution in [-0.4, -0.2) is 9.78 Å². The summed E-state index contributed by atoms with van der Waals surface area (Å²) in [6, 6.07) is 0. The average Bonchev–Trinajstić information content (AvgIpc) is 2.89. The molecule has 0 unspecified atom stereocenters. The van der Waals surface area contributed by atoms with Gasteiger partial charge in [-0.2, -0.15) is 0 Å². The summed E-state index contributed by atoms with van der Waals surface area (Å²) in [5.41, 5.74) is 7.04. The standard InChI is InChI=1S/C9H15N3O/c1-2-5-12-9(13)7(10)8(11-12)6-3-4-6/h6,11H,2-5,10H2,1H3. The first-order chi connectivity index (χ1) is 6.24. The van der Waals surface area contributed by atoms with Gasteiger partial charge in [0.2, 0.25) is 0 Å². The summed E-state index contributed by atoms with van der Waals surface area (Å²) >= 11 is 0. The molecule has 1 saturated carbocycles. The predicted molar refractivity (Wildman–Crippen MR) is 51.7 cm³/mol. The van der Waals surface area contributed by atoms with Crippen molar-refractivity contribution in [2.24, 2.45) is 0 Å². The van der Waals surface area contributed by atoms with Crippen LogP contribution in [0.3, 0.4) is 0 Å². The number of hydrogen-bond donors (Lipinski definition) is 2. The van der Waals surface area contributed by atoms with Gasteiger partial charge in [0.05, 0.1) is 5.69 Å². The largest absolute Gasteiger partial charge is 0.393 e. The summed E-state index contributed by atoms with van der Waals surface area (Å²) < 4.78 is 1.61. The van der Waals surface area contributed by atoms with Gasteiger partial charge in [-0.1, -0.05) is 6.92 Å². The molecule has 0 saturated heterocycles. The second kappa shape index (κ2) is 2.94. The van der Waals surface area contributed by atoms with Crippen molar-refractivity contribution in [1.29, 1.82) is 0 Å². The van der Waals surface area contributed by atoms with Gasteiger partial charge in [-0.05, 0) is 19.3 Å². The number of nitrogens with one attached hydrogen (secondary N) is 1. The molecule has 0 aromatic carbocycles. The van der Waals surface area contributed by atoms with Crippen molar-refractivity contribution >= 4 is 5.69 Å². The molecule has 0 spiro atoms. The van der Waals surface area contributed by atoms with Crippen LogP contribution in [0.5, 0.6) is 0 Å². The highest BCUT2D eigenvalue weighted by atomic mass is 16.1. The van der Waals surface area contributed by atoms with Crippen molar-refractivity contribution in [3.63, 3.8) is 0 Å². The number of nitrogen functional groups attached to an aromatic ring is 1. The SMILES string of the molecule is CCCn1[nH]c(C2CC2)c(N)c1=O. The van der Waals surface area contributed by atoms with Crippen molar-refractivity contribution < 1.29 is 0 Å². The molecule has 3 N–H and O–H groups in total. The predicted octanol–water partition coefficient (Wildman–Crippen LogP) is 1.05. The van der Waals surface area contributed by atoms with Crippen molar-refractivity contribution in [2.75, 3.05) is 5.73 Å². The summed E-state index contributed by atoms with van der Waals surface area (Å²) in [5, 5.41) is 3.09. The van der Waals surface area contributed by atoms with Gasteiger partial charge < -0.3 is 5.73 Å². The molecule has 1 heterocycles. The summed E-state index contributed by atoms with van der Waals surface area (Å²) in [5.74, 6) is 0.519. The maximum Gasteiger partial charge on any atom is 0.289 e. The molecule has 4 nitrogen and oxygen atoms in total. The number of hydrogen-bond acceptors (Lipinski definition) is 2. The molecule has 1 fully saturated rings. The lowest BCUT2D eigenvalue weighted by atomic mass is 10.3. The van der Waals surface area contributed by atoms with Gasteiger partial charge in [-0.3, -0.25) is 14.6 Å². The zero-order chi connectivity index (χ0) is 9.42. The van der Waals surface area contributed by atoms with Gasteiger partial charge in [0.15, 0.2) is 0 Å². The number of rotatable bonds is 3. The number of aromatic amines is 1. The Kier molecular flexibility index (Phi) is 1.90. The Labute approximate surface area is 76.7 Å². The highest BCUT2D eigenvalue weighted by Gasteiger charge is 2.29. The monoisotopic (exact) mass is 181 g/mol. The fourth-order valence-corrected chi connectivity index (χ4v) is 1.58. The van der Waals surface area contributed by atoms with Crippen LogP contribution in [0.1, 0.15) is 37.8 Å². The van der Waals surface area contributed by atoms with Crippen molar-refractivity contribution in [3.8, 4) is 0 Å². The van der Waals surface area contributed by atoms with E-state index in [4.69, 9.17) is 5.73 Å². The van der Waals surface area contributed by atoms with Crippen molar-refractivity contribution in [1.82, 2.24) is 9.78 Å². The summed E-state index contributed by atoms with van der Waals surface area (Å²) in [4.78, 5) is 11.5. The normalized spacial score (nSPS) is 16.4. The van der Waals surface area contributed by atoms with E-state index in [2.05, 4.69) is 5.10 Å². The number of H-pyrrole nitrogens is 1. The average molecular weight is 181 g/mol. The quantitative estimate of drug-likeness (QED) is 0.732. The molecule has 0 amide bonds. The van der Waals surface area contributed by atoms with Gasteiger partial charge in [-0.25, -0.2) is 0 Å². The van der Waals surface area contributed by atoms with E-state index in [0.29, 0.717) is 11.6 Å². The van der Waals surface area contributed by atoms with Gasteiger partial charge >= 0.3 is 0 Å². The molecule has 1 aromatic heterocycles. The first-order valence-electron chi connectivity index (χ1n) is 4.82.